The summed E-state index contributed by atoms with van der Waals surface area (Å²) in [7, 11) is 0. The minimum absolute atomic E-state index is 0.421. The van der Waals surface area contributed by atoms with Gasteiger partial charge in [0.05, 0.1) is 5.69 Å². The summed E-state index contributed by atoms with van der Waals surface area (Å²) in [5.41, 5.74) is 7.27. The van der Waals surface area contributed by atoms with Gasteiger partial charge >= 0.3 is 0 Å². The summed E-state index contributed by atoms with van der Waals surface area (Å²) in [5, 5.41) is 0. The first kappa shape index (κ1) is 9.56. The highest BCUT2D eigenvalue weighted by atomic mass is 15.2. The summed E-state index contributed by atoms with van der Waals surface area (Å²) in [6.45, 7) is 6.46. The largest absolute Gasteiger partial charge is 0.384 e. The Kier molecular flexibility index (Phi) is 2.25. The van der Waals surface area contributed by atoms with Crippen molar-refractivity contribution in [2.45, 2.75) is 52.0 Å². The topological polar surface area (TPSA) is 43.8 Å². The van der Waals surface area contributed by atoms with Crippen molar-refractivity contribution in [2.75, 3.05) is 5.73 Å². The van der Waals surface area contributed by atoms with E-state index in [1.54, 1.807) is 0 Å². The molecule has 14 heavy (non-hydrogen) atoms. The van der Waals surface area contributed by atoms with Crippen LogP contribution >= 0.6 is 0 Å². The molecule has 2 rings (SSSR count). The normalized spacial score (nSPS) is 16.6. The van der Waals surface area contributed by atoms with Crippen molar-refractivity contribution in [3.8, 4) is 0 Å². The molecule has 3 nitrogen and oxygen atoms in total. The predicted molar refractivity (Wildman–Crippen MR) is 58.4 cm³/mol. The van der Waals surface area contributed by atoms with E-state index in [0.717, 1.165) is 23.8 Å². The molecule has 0 bridgehead atoms. The van der Waals surface area contributed by atoms with E-state index in [-0.39, 0.29) is 0 Å². The molecule has 0 aliphatic heterocycles. The van der Waals surface area contributed by atoms with E-state index in [9.17, 15) is 0 Å². The van der Waals surface area contributed by atoms with Crippen LogP contribution in [0.1, 0.15) is 57.1 Å². The second kappa shape index (κ2) is 3.30. The standard InChI is InChI=1S/C11H19N3/c1-4-9-13-10(8-5-6-8)11(12)14(9)7(2)3/h7-8H,4-6,12H2,1-3H3. The van der Waals surface area contributed by atoms with Gasteiger partial charge in [0.25, 0.3) is 0 Å². The maximum atomic E-state index is 6.12. The number of hydrogen-bond donors (Lipinski definition) is 1. The molecule has 1 fully saturated rings. The number of anilines is 1. The lowest BCUT2D eigenvalue weighted by molar-refractivity contribution is 0.579. The third kappa shape index (κ3) is 1.41. The van der Waals surface area contributed by atoms with Gasteiger partial charge in [0.15, 0.2) is 0 Å². The maximum Gasteiger partial charge on any atom is 0.127 e. The number of nitrogen functional groups attached to an aromatic ring is 1. The van der Waals surface area contributed by atoms with Crippen LogP contribution in [0, 0.1) is 0 Å². The lowest BCUT2D eigenvalue weighted by Gasteiger charge is -2.12. The predicted octanol–water partition coefficient (Wildman–Crippen LogP) is 2.49. The fourth-order valence-corrected chi connectivity index (χ4v) is 2.00. The zero-order valence-electron chi connectivity index (χ0n) is 9.25. The quantitative estimate of drug-likeness (QED) is 0.801. The van der Waals surface area contributed by atoms with E-state index in [1.165, 1.54) is 12.8 Å². The number of aryl methyl sites for hydroxylation is 1. The summed E-state index contributed by atoms with van der Waals surface area (Å²) in [6, 6.07) is 0.421. The molecule has 1 aromatic rings. The Balaban J connectivity index is 2.44. The lowest BCUT2D eigenvalue weighted by atomic mass is 10.3. The Morgan fingerprint density at radius 1 is 1.50 bits per heavy atom. The fourth-order valence-electron chi connectivity index (χ4n) is 2.00. The Bertz CT molecular complexity index is 335. The maximum absolute atomic E-state index is 6.12. The van der Waals surface area contributed by atoms with Crippen molar-refractivity contribution in [3.05, 3.63) is 11.5 Å². The number of rotatable bonds is 3. The highest BCUT2D eigenvalue weighted by Crippen LogP contribution is 2.42. The molecule has 0 radical (unpaired) electrons. The summed E-state index contributed by atoms with van der Waals surface area (Å²) in [5.74, 6) is 2.69. The van der Waals surface area contributed by atoms with Crippen LogP contribution < -0.4 is 5.73 Å². The molecule has 1 aliphatic carbocycles. The summed E-state index contributed by atoms with van der Waals surface area (Å²) in [4.78, 5) is 4.65. The average Bonchev–Trinajstić information content (AvgIpc) is 2.90. The first-order valence-corrected chi connectivity index (χ1v) is 5.51. The van der Waals surface area contributed by atoms with E-state index in [2.05, 4.69) is 30.3 Å². The molecule has 3 heteroatoms. The zero-order valence-corrected chi connectivity index (χ0v) is 9.25. The highest BCUT2D eigenvalue weighted by molar-refractivity contribution is 5.43. The van der Waals surface area contributed by atoms with E-state index in [0.29, 0.717) is 12.0 Å². The summed E-state index contributed by atoms with van der Waals surface area (Å²) in [6.07, 6.45) is 3.50. The molecular formula is C11H19N3. The van der Waals surface area contributed by atoms with Gasteiger partial charge in [-0.25, -0.2) is 4.98 Å². The first-order valence-electron chi connectivity index (χ1n) is 5.51. The third-order valence-electron chi connectivity index (χ3n) is 2.85. The van der Waals surface area contributed by atoms with E-state index in [1.807, 2.05) is 0 Å². The number of nitrogens with two attached hydrogens (primary N) is 1. The van der Waals surface area contributed by atoms with Gasteiger partial charge in [-0.15, -0.1) is 0 Å². The lowest BCUT2D eigenvalue weighted by Crippen LogP contribution is -2.09. The Labute approximate surface area is 85.3 Å². The van der Waals surface area contributed by atoms with Crippen LogP contribution in [0.3, 0.4) is 0 Å². The Hall–Kier alpha value is -0.990. The zero-order chi connectivity index (χ0) is 10.3. The molecule has 0 unspecified atom stereocenters. The van der Waals surface area contributed by atoms with Gasteiger partial charge in [0, 0.05) is 18.4 Å². The second-order valence-corrected chi connectivity index (χ2v) is 4.39. The fraction of sp³-hybridized carbons (Fsp3) is 0.727. The first-order chi connectivity index (χ1) is 6.65. The van der Waals surface area contributed by atoms with Crippen molar-refractivity contribution in [1.29, 1.82) is 0 Å². The molecule has 0 aromatic carbocycles. The van der Waals surface area contributed by atoms with Gasteiger partial charge in [-0.1, -0.05) is 6.92 Å². The summed E-state index contributed by atoms with van der Waals surface area (Å²) < 4.78 is 2.17. The van der Waals surface area contributed by atoms with Crippen LogP contribution in [0.5, 0.6) is 0 Å². The van der Waals surface area contributed by atoms with Gasteiger partial charge in [-0.3, -0.25) is 0 Å². The van der Waals surface area contributed by atoms with Gasteiger partial charge in [-0.2, -0.15) is 0 Å². The van der Waals surface area contributed by atoms with E-state index in [4.69, 9.17) is 5.73 Å². The van der Waals surface area contributed by atoms with Crippen molar-refractivity contribution in [1.82, 2.24) is 9.55 Å². The van der Waals surface area contributed by atoms with E-state index < -0.39 is 0 Å². The molecule has 78 valence electrons. The number of imidazole rings is 1. The minimum atomic E-state index is 0.421. The second-order valence-electron chi connectivity index (χ2n) is 4.39. The molecule has 2 N–H and O–H groups in total. The molecule has 1 aromatic heterocycles. The minimum Gasteiger partial charge on any atom is -0.384 e. The van der Waals surface area contributed by atoms with Crippen LogP contribution in [0.4, 0.5) is 5.82 Å². The molecule has 0 saturated heterocycles. The van der Waals surface area contributed by atoms with Gasteiger partial charge in [0.1, 0.15) is 11.6 Å². The van der Waals surface area contributed by atoms with Crippen LogP contribution in [0.15, 0.2) is 0 Å². The molecule has 1 saturated carbocycles. The van der Waals surface area contributed by atoms with Crippen LogP contribution in [0.25, 0.3) is 0 Å². The van der Waals surface area contributed by atoms with Crippen molar-refractivity contribution >= 4 is 5.82 Å². The Morgan fingerprint density at radius 3 is 2.50 bits per heavy atom. The number of nitrogens with zero attached hydrogens (tertiary/aromatic N) is 2. The molecule has 0 spiro atoms. The summed E-state index contributed by atoms with van der Waals surface area (Å²) >= 11 is 0. The highest BCUT2D eigenvalue weighted by Gasteiger charge is 2.30. The molecule has 1 heterocycles. The van der Waals surface area contributed by atoms with E-state index >= 15 is 0 Å². The number of aromatic nitrogens is 2. The van der Waals surface area contributed by atoms with Gasteiger partial charge in [0.2, 0.25) is 0 Å². The number of hydrogen-bond acceptors (Lipinski definition) is 2. The van der Waals surface area contributed by atoms with Crippen molar-refractivity contribution < 1.29 is 0 Å². The van der Waals surface area contributed by atoms with Gasteiger partial charge in [-0.05, 0) is 26.7 Å². The van der Waals surface area contributed by atoms with Crippen LogP contribution in [0.2, 0.25) is 0 Å². The average molecular weight is 193 g/mol. The van der Waals surface area contributed by atoms with Crippen LogP contribution in [-0.2, 0) is 6.42 Å². The van der Waals surface area contributed by atoms with Gasteiger partial charge < -0.3 is 10.3 Å². The Morgan fingerprint density at radius 2 is 2.14 bits per heavy atom. The van der Waals surface area contributed by atoms with Crippen LogP contribution in [-0.4, -0.2) is 9.55 Å². The molecule has 0 atom stereocenters. The molecular weight excluding hydrogens is 174 g/mol. The third-order valence-corrected chi connectivity index (χ3v) is 2.85. The van der Waals surface area contributed by atoms with Crippen molar-refractivity contribution in [3.63, 3.8) is 0 Å². The molecule has 0 amide bonds. The smallest absolute Gasteiger partial charge is 0.127 e. The van der Waals surface area contributed by atoms with Crippen molar-refractivity contribution in [2.24, 2.45) is 0 Å². The molecule has 1 aliphatic rings. The monoisotopic (exact) mass is 193 g/mol. The SMILES string of the molecule is CCc1nc(C2CC2)c(N)n1C(C)C.